The predicted molar refractivity (Wildman–Crippen MR) is 138 cm³/mol. The number of benzene rings is 1. The standard InChI is InChI=1S/C28H33N5O2/c1-2-3-13-35-26-16-25-23(28(29)31-26)15-27(34)33(25)19-21-9-10-24(30-17-21)22-8-6-7-20(14-22)18-32-11-4-5-12-32/h6-10,14,16-17H,2-5,11-13,15,18-19H2,1H3,(H2,29,31). The molecule has 1 saturated heterocycles. The lowest BCUT2D eigenvalue weighted by molar-refractivity contribution is -0.117. The van der Waals surface area contributed by atoms with Crippen LogP contribution in [-0.2, 0) is 24.3 Å². The zero-order valence-electron chi connectivity index (χ0n) is 20.4. The molecule has 0 spiro atoms. The third-order valence-electron chi connectivity index (χ3n) is 6.77. The number of nitrogen functional groups attached to an aromatic ring is 1. The molecule has 7 nitrogen and oxygen atoms in total. The third kappa shape index (κ3) is 5.30. The number of unbranched alkanes of at least 4 members (excludes halogenated alkanes) is 1. The number of amides is 1. The van der Waals surface area contributed by atoms with Crippen LogP contribution >= 0.6 is 0 Å². The molecule has 0 radical (unpaired) electrons. The van der Waals surface area contributed by atoms with Crippen molar-refractivity contribution in [3.8, 4) is 17.1 Å². The van der Waals surface area contributed by atoms with Crippen LogP contribution in [0.15, 0.2) is 48.7 Å². The second-order valence-electron chi connectivity index (χ2n) is 9.44. The van der Waals surface area contributed by atoms with Crippen LogP contribution in [0, 0.1) is 0 Å². The van der Waals surface area contributed by atoms with Gasteiger partial charge in [-0.3, -0.25) is 14.7 Å². The smallest absolute Gasteiger partial charge is 0.231 e. The van der Waals surface area contributed by atoms with Gasteiger partial charge in [-0.05, 0) is 55.6 Å². The summed E-state index contributed by atoms with van der Waals surface area (Å²) in [4.78, 5) is 26.1. The van der Waals surface area contributed by atoms with E-state index in [1.807, 2.05) is 24.4 Å². The lowest BCUT2D eigenvalue weighted by Gasteiger charge is -2.19. The van der Waals surface area contributed by atoms with Gasteiger partial charge in [0.1, 0.15) is 5.82 Å². The third-order valence-corrected chi connectivity index (χ3v) is 6.77. The number of rotatable bonds is 9. The van der Waals surface area contributed by atoms with Gasteiger partial charge in [0.15, 0.2) is 0 Å². The number of hydrogen-bond acceptors (Lipinski definition) is 6. The van der Waals surface area contributed by atoms with Crippen molar-refractivity contribution in [1.82, 2.24) is 14.9 Å². The van der Waals surface area contributed by atoms with Crippen LogP contribution in [0.5, 0.6) is 5.88 Å². The molecular weight excluding hydrogens is 438 g/mol. The van der Waals surface area contributed by atoms with Gasteiger partial charge < -0.3 is 15.4 Å². The minimum Gasteiger partial charge on any atom is -0.478 e. The van der Waals surface area contributed by atoms with E-state index >= 15 is 0 Å². The van der Waals surface area contributed by atoms with Gasteiger partial charge in [0.25, 0.3) is 0 Å². The maximum Gasteiger partial charge on any atom is 0.231 e. The van der Waals surface area contributed by atoms with E-state index in [4.69, 9.17) is 15.5 Å². The summed E-state index contributed by atoms with van der Waals surface area (Å²) in [6.07, 6.45) is 6.69. The predicted octanol–water partition coefficient (Wildman–Crippen LogP) is 4.59. The molecule has 4 heterocycles. The van der Waals surface area contributed by atoms with Gasteiger partial charge in [-0.25, -0.2) is 0 Å². The number of nitrogens with zero attached hydrogens (tertiary/aromatic N) is 4. The molecule has 0 unspecified atom stereocenters. The number of likely N-dealkylation sites (tertiary alicyclic amines) is 1. The number of fused-ring (bicyclic) bond motifs is 1. The number of aromatic nitrogens is 2. The van der Waals surface area contributed by atoms with Crippen molar-refractivity contribution in [1.29, 1.82) is 0 Å². The monoisotopic (exact) mass is 471 g/mol. The summed E-state index contributed by atoms with van der Waals surface area (Å²) in [7, 11) is 0. The summed E-state index contributed by atoms with van der Waals surface area (Å²) in [5.74, 6) is 0.849. The SMILES string of the molecule is CCCCOc1cc2c(c(N)n1)CC(=O)N2Cc1ccc(-c2cccc(CN3CCCC3)c2)nc1. The molecule has 5 rings (SSSR count). The molecule has 7 heteroatoms. The van der Waals surface area contributed by atoms with E-state index in [0.29, 0.717) is 24.8 Å². The number of nitrogens with two attached hydrogens (primary N) is 1. The van der Waals surface area contributed by atoms with Crippen molar-refractivity contribution in [2.24, 2.45) is 0 Å². The van der Waals surface area contributed by atoms with Gasteiger partial charge in [0.2, 0.25) is 11.8 Å². The van der Waals surface area contributed by atoms with Crippen molar-refractivity contribution in [3.63, 3.8) is 0 Å². The van der Waals surface area contributed by atoms with Crippen molar-refractivity contribution in [3.05, 3.63) is 65.4 Å². The van der Waals surface area contributed by atoms with Crippen molar-refractivity contribution >= 4 is 17.4 Å². The number of carbonyl (C=O) groups excluding carboxylic acids is 1. The number of pyridine rings is 2. The van der Waals surface area contributed by atoms with Crippen molar-refractivity contribution in [2.45, 2.75) is 52.1 Å². The molecule has 0 aliphatic carbocycles. The Morgan fingerprint density at radius 2 is 1.91 bits per heavy atom. The largest absolute Gasteiger partial charge is 0.478 e. The maximum atomic E-state index is 12.8. The van der Waals surface area contributed by atoms with Crippen LogP contribution in [-0.4, -0.2) is 40.5 Å². The topological polar surface area (TPSA) is 84.6 Å². The van der Waals surface area contributed by atoms with Gasteiger partial charge in [-0.1, -0.05) is 37.6 Å². The first-order valence-corrected chi connectivity index (χ1v) is 12.6. The highest BCUT2D eigenvalue weighted by molar-refractivity contribution is 6.03. The first kappa shape index (κ1) is 23.3. The van der Waals surface area contributed by atoms with Gasteiger partial charge in [-0.2, -0.15) is 4.98 Å². The Kier molecular flexibility index (Phi) is 6.95. The summed E-state index contributed by atoms with van der Waals surface area (Å²) in [5.41, 5.74) is 12.0. The van der Waals surface area contributed by atoms with Crippen molar-refractivity contribution in [2.75, 3.05) is 30.3 Å². The molecule has 1 amide bonds. The van der Waals surface area contributed by atoms with E-state index in [9.17, 15) is 4.79 Å². The van der Waals surface area contributed by atoms with Gasteiger partial charge in [0.05, 0.1) is 31.0 Å². The molecule has 2 N–H and O–H groups in total. The zero-order chi connectivity index (χ0) is 24.2. The van der Waals surface area contributed by atoms with Gasteiger partial charge in [-0.15, -0.1) is 0 Å². The minimum absolute atomic E-state index is 0.0119. The number of hydrogen-bond donors (Lipinski definition) is 1. The van der Waals surface area contributed by atoms with Crippen LogP contribution in [0.1, 0.15) is 49.3 Å². The Morgan fingerprint density at radius 3 is 2.69 bits per heavy atom. The summed E-state index contributed by atoms with van der Waals surface area (Å²) < 4.78 is 5.76. The van der Waals surface area contributed by atoms with E-state index in [-0.39, 0.29) is 12.3 Å². The van der Waals surface area contributed by atoms with Crippen LogP contribution in [0.2, 0.25) is 0 Å². The van der Waals surface area contributed by atoms with Crippen LogP contribution in [0.25, 0.3) is 11.3 Å². The molecule has 2 aromatic heterocycles. The average Bonchev–Trinajstić information content (AvgIpc) is 3.48. The zero-order valence-corrected chi connectivity index (χ0v) is 20.4. The molecule has 0 saturated carbocycles. The molecular formula is C28H33N5O2. The first-order valence-electron chi connectivity index (χ1n) is 12.6. The number of ether oxygens (including phenoxy) is 1. The van der Waals surface area contributed by atoms with E-state index in [2.05, 4.69) is 41.1 Å². The molecule has 35 heavy (non-hydrogen) atoms. The van der Waals surface area contributed by atoms with Gasteiger partial charge >= 0.3 is 0 Å². The lowest BCUT2D eigenvalue weighted by Crippen LogP contribution is -2.26. The molecule has 182 valence electrons. The summed E-state index contributed by atoms with van der Waals surface area (Å²) in [6, 6.07) is 14.5. The Bertz CT molecular complexity index is 1190. The molecule has 1 aromatic carbocycles. The first-order chi connectivity index (χ1) is 17.1. The number of carbonyl (C=O) groups is 1. The fourth-order valence-corrected chi connectivity index (χ4v) is 4.82. The highest BCUT2D eigenvalue weighted by atomic mass is 16.5. The number of anilines is 2. The fourth-order valence-electron chi connectivity index (χ4n) is 4.82. The normalized spacial score (nSPS) is 15.6. The average molecular weight is 472 g/mol. The molecule has 3 aromatic rings. The van der Waals surface area contributed by atoms with Crippen LogP contribution in [0.3, 0.4) is 0 Å². The maximum absolute atomic E-state index is 12.8. The van der Waals surface area contributed by atoms with Crippen LogP contribution in [0.4, 0.5) is 11.5 Å². The van der Waals surface area contributed by atoms with Crippen LogP contribution < -0.4 is 15.4 Å². The summed E-state index contributed by atoms with van der Waals surface area (Å²) >= 11 is 0. The quantitative estimate of drug-likeness (QED) is 0.460. The van der Waals surface area contributed by atoms with E-state index in [0.717, 1.165) is 47.5 Å². The highest BCUT2D eigenvalue weighted by Gasteiger charge is 2.30. The molecule has 2 aliphatic rings. The molecule has 0 atom stereocenters. The van der Waals surface area contributed by atoms with E-state index in [1.54, 1.807) is 4.90 Å². The second kappa shape index (κ2) is 10.4. The Morgan fingerprint density at radius 1 is 1.06 bits per heavy atom. The Hall–Kier alpha value is -3.45. The lowest BCUT2D eigenvalue weighted by atomic mass is 10.1. The molecule has 1 fully saturated rings. The van der Waals surface area contributed by atoms with E-state index < -0.39 is 0 Å². The second-order valence-corrected chi connectivity index (χ2v) is 9.44. The minimum atomic E-state index is 0.0119. The molecule has 0 bridgehead atoms. The highest BCUT2D eigenvalue weighted by Crippen LogP contribution is 2.36. The van der Waals surface area contributed by atoms with E-state index in [1.165, 1.54) is 31.5 Å². The fraction of sp³-hybridized carbons (Fsp3) is 0.393. The summed E-state index contributed by atoms with van der Waals surface area (Å²) in [6.45, 7) is 6.49. The summed E-state index contributed by atoms with van der Waals surface area (Å²) in [5, 5.41) is 0. The molecule has 2 aliphatic heterocycles. The van der Waals surface area contributed by atoms with Crippen molar-refractivity contribution < 1.29 is 9.53 Å². The Labute approximate surface area is 206 Å². The van der Waals surface area contributed by atoms with Gasteiger partial charge in [0, 0.05) is 29.9 Å². The Balaban J connectivity index is 1.30.